The zero-order valence-electron chi connectivity index (χ0n) is 12.3. The Bertz CT molecular complexity index is 337. The average Bonchev–Trinajstić information content (AvgIpc) is 2.49. The van der Waals surface area contributed by atoms with Gasteiger partial charge in [-0.1, -0.05) is 32.6 Å². The second-order valence-electron chi connectivity index (χ2n) is 4.88. The van der Waals surface area contributed by atoms with Crippen molar-refractivity contribution in [3.63, 3.8) is 0 Å². The molecule has 1 atom stereocenters. The second kappa shape index (κ2) is 10.5. The molecule has 0 aliphatic rings. The van der Waals surface area contributed by atoms with Crippen molar-refractivity contribution in [2.75, 3.05) is 19.8 Å². The summed E-state index contributed by atoms with van der Waals surface area (Å²) in [6.45, 7) is 2.75. The Balaban J connectivity index is 2.18. The zero-order chi connectivity index (χ0) is 14.6. The number of hydrogen-bond donors (Lipinski definition) is 2. The molecular weight excluding hydrogens is 256 g/mol. The van der Waals surface area contributed by atoms with Gasteiger partial charge < -0.3 is 19.7 Å². The Morgan fingerprint density at radius 2 is 1.55 bits per heavy atom. The van der Waals surface area contributed by atoms with Crippen molar-refractivity contribution in [1.29, 1.82) is 0 Å². The molecule has 0 amide bonds. The first-order valence-corrected chi connectivity index (χ1v) is 7.40. The Kier molecular flexibility index (Phi) is 8.83. The van der Waals surface area contributed by atoms with Crippen molar-refractivity contribution in [1.82, 2.24) is 0 Å². The highest BCUT2D eigenvalue weighted by molar-refractivity contribution is 5.31. The summed E-state index contributed by atoms with van der Waals surface area (Å²) in [7, 11) is 0. The van der Waals surface area contributed by atoms with Crippen molar-refractivity contribution < 1.29 is 19.7 Å². The molecule has 0 bridgehead atoms. The maximum Gasteiger partial charge on any atom is 0.119 e. The van der Waals surface area contributed by atoms with Crippen LogP contribution in [0.1, 0.15) is 39.0 Å². The van der Waals surface area contributed by atoms with Crippen LogP contribution in [-0.2, 0) is 0 Å². The minimum absolute atomic E-state index is 0.0914. The van der Waals surface area contributed by atoms with Crippen molar-refractivity contribution in [3.8, 4) is 11.5 Å². The van der Waals surface area contributed by atoms with Crippen molar-refractivity contribution in [3.05, 3.63) is 24.3 Å². The smallest absolute Gasteiger partial charge is 0.119 e. The van der Waals surface area contributed by atoms with Crippen molar-refractivity contribution >= 4 is 0 Å². The fourth-order valence-electron chi connectivity index (χ4n) is 1.77. The first-order valence-electron chi connectivity index (χ1n) is 7.40. The van der Waals surface area contributed by atoms with E-state index in [9.17, 15) is 5.11 Å². The lowest BCUT2D eigenvalue weighted by atomic mass is 10.2. The molecule has 0 aliphatic heterocycles. The van der Waals surface area contributed by atoms with Crippen molar-refractivity contribution in [2.45, 2.75) is 45.1 Å². The molecule has 1 rings (SSSR count). The fourth-order valence-corrected chi connectivity index (χ4v) is 1.77. The maximum absolute atomic E-state index is 9.18. The van der Waals surface area contributed by atoms with Crippen molar-refractivity contribution in [2.24, 2.45) is 0 Å². The molecule has 1 aromatic carbocycles. The Morgan fingerprint density at radius 3 is 2.15 bits per heavy atom. The van der Waals surface area contributed by atoms with E-state index in [0.29, 0.717) is 5.75 Å². The normalized spacial score (nSPS) is 12.2. The molecule has 0 heterocycles. The van der Waals surface area contributed by atoms with Gasteiger partial charge in [0.25, 0.3) is 0 Å². The minimum Gasteiger partial charge on any atom is -0.494 e. The quantitative estimate of drug-likeness (QED) is 0.613. The number of aliphatic hydroxyl groups excluding tert-OH is 2. The molecular formula is C16H26O4. The van der Waals surface area contributed by atoms with E-state index in [0.717, 1.165) is 18.8 Å². The van der Waals surface area contributed by atoms with Crippen LogP contribution in [0.3, 0.4) is 0 Å². The third-order valence-corrected chi connectivity index (χ3v) is 2.99. The van der Waals surface area contributed by atoms with Gasteiger partial charge in [-0.15, -0.1) is 0 Å². The van der Waals surface area contributed by atoms with Crippen LogP contribution in [0, 0.1) is 0 Å². The topological polar surface area (TPSA) is 58.9 Å². The molecule has 2 N–H and O–H groups in total. The van der Waals surface area contributed by atoms with E-state index in [1.54, 1.807) is 12.1 Å². The van der Waals surface area contributed by atoms with E-state index in [1.165, 1.54) is 25.7 Å². The Labute approximate surface area is 121 Å². The van der Waals surface area contributed by atoms with Crippen LogP contribution in [0.2, 0.25) is 0 Å². The summed E-state index contributed by atoms with van der Waals surface area (Å²) in [5.74, 6) is 1.49. The van der Waals surface area contributed by atoms with Gasteiger partial charge in [0.1, 0.15) is 24.2 Å². The first kappa shape index (κ1) is 16.8. The van der Waals surface area contributed by atoms with E-state index in [4.69, 9.17) is 14.6 Å². The van der Waals surface area contributed by atoms with Crippen LogP contribution < -0.4 is 9.47 Å². The number of ether oxygens (including phenoxy) is 2. The largest absolute Gasteiger partial charge is 0.494 e. The zero-order valence-corrected chi connectivity index (χ0v) is 12.3. The van der Waals surface area contributed by atoms with Gasteiger partial charge in [-0.05, 0) is 30.7 Å². The highest BCUT2D eigenvalue weighted by atomic mass is 16.5. The lowest BCUT2D eigenvalue weighted by Gasteiger charge is -2.10. The van der Waals surface area contributed by atoms with Gasteiger partial charge >= 0.3 is 0 Å². The third kappa shape index (κ3) is 7.36. The van der Waals surface area contributed by atoms with Gasteiger partial charge in [-0.3, -0.25) is 0 Å². The number of unbranched alkanes of at least 4 members (excludes halogenated alkanes) is 4. The van der Waals surface area contributed by atoms with Gasteiger partial charge in [-0.2, -0.15) is 0 Å². The van der Waals surface area contributed by atoms with Gasteiger partial charge in [0.05, 0.1) is 13.2 Å². The molecule has 1 unspecified atom stereocenters. The van der Waals surface area contributed by atoms with Crippen LogP contribution in [0.25, 0.3) is 0 Å². The van der Waals surface area contributed by atoms with Crippen LogP contribution in [0.5, 0.6) is 11.5 Å². The summed E-state index contributed by atoms with van der Waals surface area (Å²) in [6, 6.07) is 7.31. The van der Waals surface area contributed by atoms with Gasteiger partial charge in [0.2, 0.25) is 0 Å². The summed E-state index contributed by atoms with van der Waals surface area (Å²) < 4.78 is 11.0. The van der Waals surface area contributed by atoms with Gasteiger partial charge in [0.15, 0.2) is 0 Å². The van der Waals surface area contributed by atoms with E-state index in [-0.39, 0.29) is 13.2 Å². The molecule has 4 heteroatoms. The average molecular weight is 282 g/mol. The first-order chi connectivity index (χ1) is 9.76. The molecule has 4 nitrogen and oxygen atoms in total. The van der Waals surface area contributed by atoms with E-state index >= 15 is 0 Å². The lowest BCUT2D eigenvalue weighted by molar-refractivity contribution is 0.0536. The predicted octanol–water partition coefficient (Wildman–Crippen LogP) is 2.77. The number of benzene rings is 1. The van der Waals surface area contributed by atoms with Crippen LogP contribution >= 0.6 is 0 Å². The maximum atomic E-state index is 9.18. The fraction of sp³-hybridized carbons (Fsp3) is 0.625. The number of rotatable bonds is 11. The summed E-state index contributed by atoms with van der Waals surface area (Å²) in [5.41, 5.74) is 0. The summed E-state index contributed by atoms with van der Waals surface area (Å²) >= 11 is 0. The Morgan fingerprint density at radius 1 is 0.950 bits per heavy atom. The molecule has 0 saturated heterocycles. The van der Waals surface area contributed by atoms with E-state index in [2.05, 4.69) is 6.92 Å². The highest BCUT2D eigenvalue weighted by Crippen LogP contribution is 2.18. The van der Waals surface area contributed by atoms with Crippen LogP contribution in [-0.4, -0.2) is 36.1 Å². The third-order valence-electron chi connectivity index (χ3n) is 2.99. The molecule has 0 saturated carbocycles. The number of aliphatic hydroxyl groups is 2. The van der Waals surface area contributed by atoms with E-state index < -0.39 is 6.10 Å². The highest BCUT2D eigenvalue weighted by Gasteiger charge is 2.03. The standard InChI is InChI=1S/C16H26O4/c1-2-3-4-5-6-11-19-15-7-9-16(10-8-15)20-13-14(18)12-17/h7-10,14,17-18H,2-6,11-13H2,1H3. The van der Waals surface area contributed by atoms with E-state index in [1.807, 2.05) is 12.1 Å². The SMILES string of the molecule is CCCCCCCOc1ccc(OCC(O)CO)cc1. The summed E-state index contributed by atoms with van der Waals surface area (Å²) in [6.07, 6.45) is 5.29. The van der Waals surface area contributed by atoms with Gasteiger partial charge in [0, 0.05) is 0 Å². The molecule has 114 valence electrons. The molecule has 0 aliphatic carbocycles. The molecule has 0 spiro atoms. The molecule has 0 aromatic heterocycles. The molecule has 1 aromatic rings. The van der Waals surface area contributed by atoms with Gasteiger partial charge in [-0.25, -0.2) is 0 Å². The molecule has 20 heavy (non-hydrogen) atoms. The minimum atomic E-state index is -0.839. The summed E-state index contributed by atoms with van der Waals surface area (Å²) in [5, 5.41) is 17.9. The predicted molar refractivity (Wildman–Crippen MR) is 79.3 cm³/mol. The van der Waals surface area contributed by atoms with Crippen LogP contribution in [0.15, 0.2) is 24.3 Å². The molecule has 0 fully saturated rings. The lowest BCUT2D eigenvalue weighted by Crippen LogP contribution is -2.21. The van der Waals surface area contributed by atoms with Crippen LogP contribution in [0.4, 0.5) is 0 Å². The second-order valence-corrected chi connectivity index (χ2v) is 4.88. The Hall–Kier alpha value is -1.26. The monoisotopic (exact) mass is 282 g/mol. The molecule has 0 radical (unpaired) electrons. The summed E-state index contributed by atoms with van der Waals surface area (Å²) in [4.78, 5) is 0. The number of hydrogen-bond acceptors (Lipinski definition) is 4.